The van der Waals surface area contributed by atoms with Gasteiger partial charge in [-0.3, -0.25) is 4.57 Å². The van der Waals surface area contributed by atoms with Crippen molar-refractivity contribution in [3.8, 4) is 5.69 Å². The molecular weight excluding hydrogens is 362 g/mol. The number of hydrogen-bond donors (Lipinski definition) is 1. The van der Waals surface area contributed by atoms with Crippen LogP contribution in [0.25, 0.3) is 5.69 Å². The molecule has 0 aliphatic heterocycles. The molecule has 0 unspecified atom stereocenters. The zero-order valence-corrected chi connectivity index (χ0v) is 13.0. The summed E-state index contributed by atoms with van der Waals surface area (Å²) < 4.78 is 9.04. The molecule has 0 bridgehead atoms. The maximum Gasteiger partial charge on any atom is 0.207 e. The number of ether oxygens (including phenoxy) is 1. The van der Waals surface area contributed by atoms with Gasteiger partial charge in [0.2, 0.25) is 5.95 Å². The summed E-state index contributed by atoms with van der Waals surface area (Å²) in [6.07, 6.45) is 3.68. The predicted octanol–water partition coefficient (Wildman–Crippen LogP) is 3.46. The van der Waals surface area contributed by atoms with E-state index in [9.17, 15) is 0 Å². The Kier molecular flexibility index (Phi) is 4.79. The second-order valence-electron chi connectivity index (χ2n) is 3.64. The number of aromatic nitrogens is 2. The molecule has 0 saturated heterocycles. The zero-order valence-electron chi connectivity index (χ0n) is 9.86. The summed E-state index contributed by atoms with van der Waals surface area (Å²) in [4.78, 5) is 4.30. The van der Waals surface area contributed by atoms with Crippen molar-refractivity contribution in [3.05, 3.63) is 39.5 Å². The van der Waals surface area contributed by atoms with Gasteiger partial charge in [0.15, 0.2) is 0 Å². The van der Waals surface area contributed by atoms with Crippen LogP contribution in [0.4, 0.5) is 5.95 Å². The Morgan fingerprint density at radius 2 is 2.22 bits per heavy atom. The minimum Gasteiger partial charge on any atom is -0.383 e. The van der Waals surface area contributed by atoms with Crippen molar-refractivity contribution in [2.75, 3.05) is 25.6 Å². The van der Waals surface area contributed by atoms with Crippen LogP contribution in [0.3, 0.4) is 0 Å². The molecular formula is C12H13Br2N3O. The Morgan fingerprint density at radius 3 is 3.00 bits per heavy atom. The lowest BCUT2D eigenvalue weighted by molar-refractivity contribution is 0.210. The SMILES string of the molecule is COCCNc1nccn1-c1cc(Br)ccc1Br. The first-order chi connectivity index (χ1) is 8.72. The molecule has 1 aromatic carbocycles. The number of methoxy groups -OCH3 is 1. The molecule has 0 amide bonds. The Bertz CT molecular complexity index is 528. The summed E-state index contributed by atoms with van der Waals surface area (Å²) in [6.45, 7) is 1.37. The highest BCUT2D eigenvalue weighted by atomic mass is 79.9. The molecule has 0 spiro atoms. The molecule has 0 saturated carbocycles. The average Bonchev–Trinajstić information content (AvgIpc) is 2.81. The maximum atomic E-state index is 5.01. The van der Waals surface area contributed by atoms with Crippen LogP contribution in [0.1, 0.15) is 0 Å². The third-order valence-electron chi connectivity index (χ3n) is 2.40. The molecule has 0 aliphatic rings. The molecule has 0 radical (unpaired) electrons. The van der Waals surface area contributed by atoms with Crippen molar-refractivity contribution in [3.63, 3.8) is 0 Å². The van der Waals surface area contributed by atoms with Gasteiger partial charge in [0.1, 0.15) is 0 Å². The van der Waals surface area contributed by atoms with Gasteiger partial charge in [-0.2, -0.15) is 0 Å². The van der Waals surface area contributed by atoms with Crippen molar-refractivity contribution < 1.29 is 4.74 Å². The van der Waals surface area contributed by atoms with Gasteiger partial charge >= 0.3 is 0 Å². The largest absolute Gasteiger partial charge is 0.383 e. The molecule has 1 heterocycles. The normalized spacial score (nSPS) is 10.6. The lowest BCUT2D eigenvalue weighted by atomic mass is 10.3. The van der Waals surface area contributed by atoms with E-state index in [1.165, 1.54) is 0 Å². The average molecular weight is 375 g/mol. The highest BCUT2D eigenvalue weighted by molar-refractivity contribution is 9.11. The first-order valence-corrected chi connectivity index (χ1v) is 7.02. The number of halogens is 2. The predicted molar refractivity (Wildman–Crippen MR) is 79.3 cm³/mol. The second-order valence-corrected chi connectivity index (χ2v) is 5.41. The van der Waals surface area contributed by atoms with Crippen LogP contribution in [0.2, 0.25) is 0 Å². The Hall–Kier alpha value is -0.850. The van der Waals surface area contributed by atoms with Crippen molar-refractivity contribution in [2.24, 2.45) is 0 Å². The lowest BCUT2D eigenvalue weighted by Crippen LogP contribution is -2.11. The standard InChI is InChI=1S/C12H13Br2N3O/c1-18-7-5-16-12-15-4-6-17(12)11-8-9(13)2-3-10(11)14/h2-4,6,8H,5,7H2,1H3,(H,15,16). The van der Waals surface area contributed by atoms with Gasteiger partial charge in [-0.1, -0.05) is 15.9 Å². The van der Waals surface area contributed by atoms with Crippen molar-refractivity contribution in [1.29, 1.82) is 0 Å². The van der Waals surface area contributed by atoms with E-state index in [0.29, 0.717) is 6.61 Å². The molecule has 2 rings (SSSR count). The monoisotopic (exact) mass is 373 g/mol. The number of hydrogen-bond acceptors (Lipinski definition) is 3. The summed E-state index contributed by atoms with van der Waals surface area (Å²) in [5.41, 5.74) is 1.03. The smallest absolute Gasteiger partial charge is 0.207 e. The van der Waals surface area contributed by atoms with E-state index >= 15 is 0 Å². The van der Waals surface area contributed by atoms with Gasteiger partial charge in [0.25, 0.3) is 0 Å². The number of nitrogens with zero attached hydrogens (tertiary/aromatic N) is 2. The van der Waals surface area contributed by atoms with Gasteiger partial charge in [-0.05, 0) is 34.1 Å². The van der Waals surface area contributed by atoms with Gasteiger partial charge < -0.3 is 10.1 Å². The molecule has 1 N–H and O–H groups in total. The highest BCUT2D eigenvalue weighted by Crippen LogP contribution is 2.27. The fraction of sp³-hybridized carbons (Fsp3) is 0.250. The van der Waals surface area contributed by atoms with E-state index in [2.05, 4.69) is 42.2 Å². The Balaban J connectivity index is 2.27. The van der Waals surface area contributed by atoms with Gasteiger partial charge in [-0.15, -0.1) is 0 Å². The minimum atomic E-state index is 0.645. The Labute approximate surface area is 123 Å². The third-order valence-corrected chi connectivity index (χ3v) is 3.56. The van der Waals surface area contributed by atoms with Crippen LogP contribution < -0.4 is 5.32 Å². The lowest BCUT2D eigenvalue weighted by Gasteiger charge is -2.11. The van der Waals surface area contributed by atoms with Crippen LogP contribution in [-0.4, -0.2) is 29.8 Å². The van der Waals surface area contributed by atoms with E-state index in [4.69, 9.17) is 4.74 Å². The van der Waals surface area contributed by atoms with Crippen molar-refractivity contribution in [2.45, 2.75) is 0 Å². The minimum absolute atomic E-state index is 0.645. The number of anilines is 1. The summed E-state index contributed by atoms with van der Waals surface area (Å²) in [7, 11) is 1.68. The number of benzene rings is 1. The second kappa shape index (κ2) is 6.36. The van der Waals surface area contributed by atoms with Crippen LogP contribution in [0.5, 0.6) is 0 Å². The molecule has 6 heteroatoms. The van der Waals surface area contributed by atoms with Gasteiger partial charge in [-0.25, -0.2) is 4.98 Å². The Morgan fingerprint density at radius 1 is 1.39 bits per heavy atom. The van der Waals surface area contributed by atoms with Crippen LogP contribution in [0, 0.1) is 0 Å². The highest BCUT2D eigenvalue weighted by Gasteiger charge is 2.08. The van der Waals surface area contributed by atoms with Gasteiger partial charge in [0.05, 0.1) is 12.3 Å². The van der Waals surface area contributed by atoms with Gasteiger partial charge in [0, 0.05) is 35.0 Å². The molecule has 0 aliphatic carbocycles. The molecule has 18 heavy (non-hydrogen) atoms. The molecule has 96 valence electrons. The summed E-state index contributed by atoms with van der Waals surface area (Å²) in [5, 5.41) is 3.23. The third kappa shape index (κ3) is 3.13. The molecule has 0 atom stereocenters. The molecule has 0 fully saturated rings. The maximum absolute atomic E-state index is 5.01. The molecule has 4 nitrogen and oxygen atoms in total. The number of nitrogens with one attached hydrogen (secondary N) is 1. The van der Waals surface area contributed by atoms with E-state index in [-0.39, 0.29) is 0 Å². The van der Waals surface area contributed by atoms with Crippen LogP contribution >= 0.6 is 31.9 Å². The van der Waals surface area contributed by atoms with E-state index < -0.39 is 0 Å². The summed E-state index contributed by atoms with van der Waals surface area (Å²) in [5.74, 6) is 0.797. The zero-order chi connectivity index (χ0) is 13.0. The van der Waals surface area contributed by atoms with Crippen molar-refractivity contribution in [1.82, 2.24) is 9.55 Å². The fourth-order valence-electron chi connectivity index (χ4n) is 1.56. The summed E-state index contributed by atoms with van der Waals surface area (Å²) >= 11 is 7.02. The fourth-order valence-corrected chi connectivity index (χ4v) is 2.35. The summed E-state index contributed by atoms with van der Waals surface area (Å²) in [6, 6.07) is 6.02. The molecule has 1 aromatic heterocycles. The molecule has 2 aromatic rings. The van der Waals surface area contributed by atoms with E-state index in [1.54, 1.807) is 13.3 Å². The van der Waals surface area contributed by atoms with Crippen LogP contribution in [0.15, 0.2) is 39.5 Å². The number of imidazole rings is 1. The first-order valence-electron chi connectivity index (χ1n) is 5.44. The number of rotatable bonds is 5. The van der Waals surface area contributed by atoms with Crippen molar-refractivity contribution >= 4 is 37.8 Å². The van der Waals surface area contributed by atoms with E-state index in [1.807, 2.05) is 29.0 Å². The van der Waals surface area contributed by atoms with E-state index in [0.717, 1.165) is 27.1 Å². The topological polar surface area (TPSA) is 39.1 Å². The quantitative estimate of drug-likeness (QED) is 0.814. The van der Waals surface area contributed by atoms with Crippen LogP contribution in [-0.2, 0) is 4.74 Å². The first kappa shape index (κ1) is 13.6.